The number of hydrogen-bond donors (Lipinski definition) is 1. The van der Waals surface area contributed by atoms with Crippen molar-refractivity contribution < 1.29 is 4.79 Å². The van der Waals surface area contributed by atoms with E-state index >= 15 is 0 Å². The van der Waals surface area contributed by atoms with E-state index in [2.05, 4.69) is 29.2 Å². The van der Waals surface area contributed by atoms with E-state index < -0.39 is 0 Å². The summed E-state index contributed by atoms with van der Waals surface area (Å²) in [5.41, 5.74) is 3.70. The molecule has 1 atom stereocenters. The monoisotopic (exact) mass is 319 g/mol. The van der Waals surface area contributed by atoms with Crippen molar-refractivity contribution in [2.45, 2.75) is 45.7 Å². The quantitative estimate of drug-likeness (QED) is 0.893. The van der Waals surface area contributed by atoms with E-state index in [1.807, 2.05) is 16.6 Å². The van der Waals surface area contributed by atoms with Gasteiger partial charge in [-0.2, -0.15) is 5.10 Å². The van der Waals surface area contributed by atoms with Crippen LogP contribution in [0.15, 0.2) is 0 Å². The maximum Gasteiger partial charge on any atom is 0.224 e. The van der Waals surface area contributed by atoms with Gasteiger partial charge in [0, 0.05) is 63.5 Å². The van der Waals surface area contributed by atoms with Gasteiger partial charge in [-0.25, -0.2) is 0 Å². The Balaban J connectivity index is 1.49. The predicted molar refractivity (Wildman–Crippen MR) is 90.2 cm³/mol. The Morgan fingerprint density at radius 2 is 2.00 bits per heavy atom. The molecule has 3 rings (SSSR count). The number of hydrogen-bond acceptors (Lipinski definition) is 4. The minimum atomic E-state index is 0.317. The van der Waals surface area contributed by atoms with E-state index in [4.69, 9.17) is 0 Å². The van der Waals surface area contributed by atoms with Gasteiger partial charge in [-0.3, -0.25) is 14.4 Å². The van der Waals surface area contributed by atoms with Gasteiger partial charge in [0.15, 0.2) is 0 Å². The molecule has 1 N–H and O–H groups in total. The Bertz CT molecular complexity index is 554. The lowest BCUT2D eigenvalue weighted by atomic mass is 10.1. The summed E-state index contributed by atoms with van der Waals surface area (Å²) in [4.78, 5) is 16.9. The highest BCUT2D eigenvalue weighted by molar-refractivity contribution is 5.77. The number of carbonyl (C=O) groups excluding carboxylic acids is 1. The van der Waals surface area contributed by atoms with Crippen LogP contribution in [0.2, 0.25) is 0 Å². The maximum absolute atomic E-state index is 12.4. The molecule has 0 aliphatic carbocycles. The second kappa shape index (κ2) is 7.01. The van der Waals surface area contributed by atoms with Gasteiger partial charge in [0.05, 0.1) is 5.69 Å². The Morgan fingerprint density at radius 1 is 1.26 bits per heavy atom. The van der Waals surface area contributed by atoms with Gasteiger partial charge in [-0.1, -0.05) is 0 Å². The van der Waals surface area contributed by atoms with Crippen molar-refractivity contribution in [1.82, 2.24) is 24.9 Å². The lowest BCUT2D eigenvalue weighted by molar-refractivity contribution is -0.133. The molecule has 1 aromatic rings. The molecule has 1 aromatic heterocycles. The van der Waals surface area contributed by atoms with Gasteiger partial charge in [0.25, 0.3) is 0 Å². The third-order valence-corrected chi connectivity index (χ3v) is 5.35. The highest BCUT2D eigenvalue weighted by Crippen LogP contribution is 2.17. The molecule has 2 fully saturated rings. The van der Waals surface area contributed by atoms with E-state index in [1.54, 1.807) is 0 Å². The van der Waals surface area contributed by atoms with Gasteiger partial charge >= 0.3 is 0 Å². The fourth-order valence-corrected chi connectivity index (χ4v) is 3.70. The Morgan fingerprint density at radius 3 is 2.57 bits per heavy atom. The molecule has 0 bridgehead atoms. The summed E-state index contributed by atoms with van der Waals surface area (Å²) < 4.78 is 1.96. The molecule has 6 heteroatoms. The van der Waals surface area contributed by atoms with Crippen molar-refractivity contribution >= 4 is 5.91 Å². The molecule has 0 aromatic carbocycles. The number of aryl methyl sites for hydroxylation is 2. The molecule has 2 aliphatic rings. The summed E-state index contributed by atoms with van der Waals surface area (Å²) in [6.07, 6.45) is 3.02. The first kappa shape index (κ1) is 16.5. The smallest absolute Gasteiger partial charge is 0.224 e. The first-order valence-corrected chi connectivity index (χ1v) is 8.77. The van der Waals surface area contributed by atoms with Gasteiger partial charge in [-0.05, 0) is 33.2 Å². The third-order valence-electron chi connectivity index (χ3n) is 5.35. The summed E-state index contributed by atoms with van der Waals surface area (Å²) in [6, 6.07) is 0.404. The van der Waals surface area contributed by atoms with Crippen LogP contribution in [0.3, 0.4) is 0 Å². The second-order valence-electron chi connectivity index (χ2n) is 6.93. The highest BCUT2D eigenvalue weighted by atomic mass is 16.2. The average molecular weight is 319 g/mol. The predicted octanol–water partition coefficient (Wildman–Crippen LogP) is 0.823. The van der Waals surface area contributed by atoms with Crippen molar-refractivity contribution in [2.24, 2.45) is 7.05 Å². The summed E-state index contributed by atoms with van der Waals surface area (Å²) in [5, 5.41) is 7.91. The molecule has 1 unspecified atom stereocenters. The molecule has 3 heterocycles. The Kier molecular flexibility index (Phi) is 5.02. The van der Waals surface area contributed by atoms with Crippen LogP contribution in [0.4, 0.5) is 0 Å². The number of amides is 1. The summed E-state index contributed by atoms with van der Waals surface area (Å²) in [6.45, 7) is 9.83. The van der Waals surface area contributed by atoms with E-state index in [1.165, 1.54) is 17.7 Å². The lowest BCUT2D eigenvalue weighted by Gasteiger charge is -2.35. The summed E-state index contributed by atoms with van der Waals surface area (Å²) in [7, 11) is 2.00. The zero-order chi connectivity index (χ0) is 16.4. The molecule has 0 radical (unpaired) electrons. The van der Waals surface area contributed by atoms with Gasteiger partial charge in [-0.15, -0.1) is 0 Å². The minimum absolute atomic E-state index is 0.317. The largest absolute Gasteiger partial charge is 0.340 e. The molecule has 1 amide bonds. The van der Waals surface area contributed by atoms with Gasteiger partial charge in [0.1, 0.15) is 0 Å². The van der Waals surface area contributed by atoms with E-state index in [0.29, 0.717) is 18.4 Å². The minimum Gasteiger partial charge on any atom is -0.340 e. The van der Waals surface area contributed by atoms with E-state index in [9.17, 15) is 4.79 Å². The molecule has 0 saturated carbocycles. The van der Waals surface area contributed by atoms with Crippen molar-refractivity contribution in [3.05, 3.63) is 17.0 Å². The van der Waals surface area contributed by atoms with Crippen LogP contribution in [0.1, 0.15) is 36.2 Å². The van der Waals surface area contributed by atoms with Crippen LogP contribution in [0.5, 0.6) is 0 Å². The first-order chi connectivity index (χ1) is 11.0. The second-order valence-corrected chi connectivity index (χ2v) is 6.93. The SMILES string of the molecule is Cc1nn(C)c(C)c1CN1CCN(C(=O)CC2CCCN2)CC1. The number of carbonyl (C=O) groups is 1. The fraction of sp³-hybridized carbons (Fsp3) is 0.765. The average Bonchev–Trinajstić information content (AvgIpc) is 3.12. The summed E-state index contributed by atoms with van der Waals surface area (Å²) in [5.74, 6) is 0.317. The number of nitrogens with one attached hydrogen (secondary N) is 1. The first-order valence-electron chi connectivity index (χ1n) is 8.77. The van der Waals surface area contributed by atoms with Crippen LogP contribution in [0.25, 0.3) is 0 Å². The molecular weight excluding hydrogens is 290 g/mol. The third kappa shape index (κ3) is 3.75. The number of rotatable bonds is 4. The number of aromatic nitrogens is 2. The zero-order valence-electron chi connectivity index (χ0n) is 14.6. The van der Waals surface area contributed by atoms with Crippen LogP contribution in [-0.2, 0) is 18.4 Å². The number of piperazine rings is 1. The van der Waals surface area contributed by atoms with Crippen molar-refractivity contribution in [1.29, 1.82) is 0 Å². The van der Waals surface area contributed by atoms with Crippen molar-refractivity contribution in [2.75, 3.05) is 32.7 Å². The van der Waals surface area contributed by atoms with Crippen LogP contribution in [0, 0.1) is 13.8 Å². The molecule has 6 nitrogen and oxygen atoms in total. The van der Waals surface area contributed by atoms with E-state index in [-0.39, 0.29) is 0 Å². The fourth-order valence-electron chi connectivity index (χ4n) is 3.70. The topological polar surface area (TPSA) is 53.4 Å². The molecule has 2 aliphatic heterocycles. The normalized spacial score (nSPS) is 22.7. The van der Waals surface area contributed by atoms with Crippen molar-refractivity contribution in [3.63, 3.8) is 0 Å². The van der Waals surface area contributed by atoms with Crippen LogP contribution in [-0.4, -0.2) is 64.3 Å². The van der Waals surface area contributed by atoms with Crippen molar-refractivity contribution in [3.8, 4) is 0 Å². The number of nitrogens with zero attached hydrogens (tertiary/aromatic N) is 4. The molecule has 128 valence electrons. The summed E-state index contributed by atoms with van der Waals surface area (Å²) >= 11 is 0. The van der Waals surface area contributed by atoms with Gasteiger partial charge in [0.2, 0.25) is 5.91 Å². The molecule has 0 spiro atoms. The highest BCUT2D eigenvalue weighted by Gasteiger charge is 2.25. The Hall–Kier alpha value is -1.40. The lowest BCUT2D eigenvalue weighted by Crippen LogP contribution is -2.49. The molecule has 23 heavy (non-hydrogen) atoms. The standard InChI is InChI=1S/C17H29N5O/c1-13-16(14(2)20(3)19-13)12-21-7-9-22(10-8-21)17(23)11-15-5-4-6-18-15/h15,18H,4-12H2,1-3H3. The zero-order valence-corrected chi connectivity index (χ0v) is 14.6. The van der Waals surface area contributed by atoms with Gasteiger partial charge < -0.3 is 10.2 Å². The van der Waals surface area contributed by atoms with Crippen LogP contribution < -0.4 is 5.32 Å². The Labute approximate surface area is 138 Å². The van der Waals surface area contributed by atoms with Crippen LogP contribution >= 0.6 is 0 Å². The van der Waals surface area contributed by atoms with E-state index in [0.717, 1.165) is 51.4 Å². The maximum atomic E-state index is 12.4. The molecular formula is C17H29N5O. The molecule has 2 saturated heterocycles.